The highest BCUT2D eigenvalue weighted by molar-refractivity contribution is 7.17. The quantitative estimate of drug-likeness (QED) is 0.531. The van der Waals surface area contributed by atoms with Crippen molar-refractivity contribution in [2.24, 2.45) is 0 Å². The lowest BCUT2D eigenvalue weighted by atomic mass is 10.1. The predicted octanol–water partition coefficient (Wildman–Crippen LogP) is 3.19. The Morgan fingerprint density at radius 2 is 1.97 bits per heavy atom. The number of nitrogens with one attached hydrogen (secondary N) is 3. The molecule has 1 aromatic carbocycles. The summed E-state index contributed by atoms with van der Waals surface area (Å²) in [6.45, 7) is 8.26. The number of hydrogen-bond donors (Lipinski definition) is 3. The summed E-state index contributed by atoms with van der Waals surface area (Å²) >= 11 is 7.53. The van der Waals surface area contributed by atoms with E-state index in [0.717, 1.165) is 50.9 Å². The third-order valence-corrected chi connectivity index (χ3v) is 6.90. The van der Waals surface area contributed by atoms with Crippen LogP contribution in [0.4, 0.5) is 5.00 Å². The molecule has 1 aliphatic rings. The zero-order valence-electron chi connectivity index (χ0n) is 17.1. The summed E-state index contributed by atoms with van der Waals surface area (Å²) in [7, 11) is 0. The van der Waals surface area contributed by atoms with Crippen molar-refractivity contribution in [3.63, 3.8) is 0 Å². The Hall–Kier alpha value is -1.89. The highest BCUT2D eigenvalue weighted by atomic mass is 35.5. The fraction of sp³-hybridized carbons (Fsp3) is 0.455. The number of anilines is 1. The standard InChI is InChI=1S/C22H28ClN3O2S/c1-3-26(4-2)13-7-12-24-21(28)19-17-10-6-11-18(17)29-22(19)25-20(27)15-8-5-9-16(23)14-15/h5,8-9,14H,3-4,6-7,10-13H2,1-2H3,(H,24,28)(H,25,27)/p+1. The molecule has 0 saturated heterocycles. The molecule has 5 nitrogen and oxygen atoms in total. The van der Waals surface area contributed by atoms with E-state index >= 15 is 0 Å². The van der Waals surface area contributed by atoms with Gasteiger partial charge in [-0.3, -0.25) is 9.59 Å². The van der Waals surface area contributed by atoms with Crippen LogP contribution in [0, 0.1) is 0 Å². The maximum atomic E-state index is 13.0. The Morgan fingerprint density at radius 1 is 1.17 bits per heavy atom. The lowest BCUT2D eigenvalue weighted by Crippen LogP contribution is -3.11. The molecule has 2 amide bonds. The van der Waals surface area contributed by atoms with Crippen molar-refractivity contribution in [3.8, 4) is 0 Å². The summed E-state index contributed by atoms with van der Waals surface area (Å²) in [5.41, 5.74) is 2.23. The van der Waals surface area contributed by atoms with Crippen LogP contribution >= 0.6 is 22.9 Å². The number of carbonyl (C=O) groups is 2. The lowest BCUT2D eigenvalue weighted by molar-refractivity contribution is -0.896. The minimum Gasteiger partial charge on any atom is -0.352 e. The van der Waals surface area contributed by atoms with Gasteiger partial charge in [-0.15, -0.1) is 11.3 Å². The number of rotatable bonds is 9. The Labute approximate surface area is 181 Å². The van der Waals surface area contributed by atoms with Crippen LogP contribution < -0.4 is 15.5 Å². The van der Waals surface area contributed by atoms with Crippen molar-refractivity contribution in [3.05, 3.63) is 50.9 Å². The summed E-state index contributed by atoms with van der Waals surface area (Å²) in [6.07, 6.45) is 3.87. The maximum absolute atomic E-state index is 13.0. The molecule has 3 N–H and O–H groups in total. The average Bonchev–Trinajstić information content (AvgIpc) is 3.28. The van der Waals surface area contributed by atoms with E-state index in [2.05, 4.69) is 24.5 Å². The number of benzene rings is 1. The first kappa shape index (κ1) is 21.8. The second-order valence-corrected chi connectivity index (χ2v) is 8.88. The van der Waals surface area contributed by atoms with Gasteiger partial charge in [0, 0.05) is 28.4 Å². The topological polar surface area (TPSA) is 62.6 Å². The fourth-order valence-electron chi connectivity index (χ4n) is 3.77. The second-order valence-electron chi connectivity index (χ2n) is 7.34. The van der Waals surface area contributed by atoms with Gasteiger partial charge in [0.2, 0.25) is 0 Å². The Balaban J connectivity index is 1.69. The van der Waals surface area contributed by atoms with Gasteiger partial charge in [0.15, 0.2) is 0 Å². The molecule has 29 heavy (non-hydrogen) atoms. The number of thiophene rings is 1. The van der Waals surface area contributed by atoms with E-state index in [1.807, 2.05) is 0 Å². The average molecular weight is 435 g/mol. The lowest BCUT2D eigenvalue weighted by Gasteiger charge is -2.15. The van der Waals surface area contributed by atoms with Gasteiger partial charge in [-0.25, -0.2) is 0 Å². The van der Waals surface area contributed by atoms with Crippen molar-refractivity contribution in [1.29, 1.82) is 0 Å². The molecule has 156 valence electrons. The Morgan fingerprint density at radius 3 is 2.69 bits per heavy atom. The first-order valence-electron chi connectivity index (χ1n) is 10.4. The molecule has 0 radical (unpaired) electrons. The van der Waals surface area contributed by atoms with Gasteiger partial charge in [-0.05, 0) is 56.9 Å². The maximum Gasteiger partial charge on any atom is 0.256 e. The van der Waals surface area contributed by atoms with Crippen LogP contribution in [-0.2, 0) is 12.8 Å². The van der Waals surface area contributed by atoms with E-state index in [0.29, 0.717) is 27.7 Å². The van der Waals surface area contributed by atoms with E-state index in [-0.39, 0.29) is 11.8 Å². The van der Waals surface area contributed by atoms with E-state index in [4.69, 9.17) is 11.6 Å². The van der Waals surface area contributed by atoms with Crippen LogP contribution in [0.25, 0.3) is 0 Å². The molecule has 0 atom stereocenters. The normalized spacial score (nSPS) is 12.8. The van der Waals surface area contributed by atoms with Crippen LogP contribution in [0.15, 0.2) is 24.3 Å². The number of hydrogen-bond acceptors (Lipinski definition) is 3. The van der Waals surface area contributed by atoms with Gasteiger partial charge in [0.1, 0.15) is 5.00 Å². The molecular weight excluding hydrogens is 406 g/mol. The van der Waals surface area contributed by atoms with Gasteiger partial charge in [0.25, 0.3) is 11.8 Å². The van der Waals surface area contributed by atoms with Crippen LogP contribution in [-0.4, -0.2) is 38.0 Å². The van der Waals surface area contributed by atoms with Gasteiger partial charge in [-0.2, -0.15) is 0 Å². The Bertz CT molecular complexity index is 877. The van der Waals surface area contributed by atoms with Crippen LogP contribution in [0.1, 0.15) is 57.8 Å². The number of halogens is 1. The number of quaternary nitrogens is 1. The highest BCUT2D eigenvalue weighted by Gasteiger charge is 2.27. The number of carbonyl (C=O) groups excluding carboxylic acids is 2. The van der Waals surface area contributed by atoms with E-state index in [1.54, 1.807) is 24.3 Å². The molecule has 1 heterocycles. The van der Waals surface area contributed by atoms with Crippen molar-refractivity contribution >= 4 is 39.8 Å². The summed E-state index contributed by atoms with van der Waals surface area (Å²) in [4.78, 5) is 28.4. The van der Waals surface area contributed by atoms with Crippen molar-refractivity contribution in [2.75, 3.05) is 31.5 Å². The third-order valence-electron chi connectivity index (χ3n) is 5.45. The minimum atomic E-state index is -0.244. The van der Waals surface area contributed by atoms with E-state index in [9.17, 15) is 9.59 Å². The zero-order valence-corrected chi connectivity index (χ0v) is 18.6. The minimum absolute atomic E-state index is 0.0830. The van der Waals surface area contributed by atoms with Gasteiger partial charge >= 0.3 is 0 Å². The number of fused-ring (bicyclic) bond motifs is 1. The summed E-state index contributed by atoms with van der Waals surface area (Å²) in [6, 6.07) is 6.83. The summed E-state index contributed by atoms with van der Waals surface area (Å²) < 4.78 is 0. The molecule has 7 heteroatoms. The van der Waals surface area contributed by atoms with E-state index < -0.39 is 0 Å². The molecule has 0 fully saturated rings. The highest BCUT2D eigenvalue weighted by Crippen LogP contribution is 2.39. The van der Waals surface area contributed by atoms with Gasteiger partial charge in [0.05, 0.1) is 25.2 Å². The van der Waals surface area contributed by atoms with Crippen molar-refractivity contribution in [2.45, 2.75) is 39.5 Å². The zero-order chi connectivity index (χ0) is 20.8. The third kappa shape index (κ3) is 5.38. The SMILES string of the molecule is CC[NH+](CC)CCCNC(=O)c1c(NC(=O)c2cccc(Cl)c2)sc2c1CCC2. The van der Waals surface area contributed by atoms with Crippen LogP contribution in [0.3, 0.4) is 0 Å². The van der Waals surface area contributed by atoms with Crippen LogP contribution in [0.2, 0.25) is 5.02 Å². The van der Waals surface area contributed by atoms with Gasteiger partial charge < -0.3 is 15.5 Å². The monoisotopic (exact) mass is 434 g/mol. The summed E-state index contributed by atoms with van der Waals surface area (Å²) in [5.74, 6) is -0.327. The second kappa shape index (κ2) is 10.2. The largest absolute Gasteiger partial charge is 0.352 e. The molecule has 0 saturated carbocycles. The molecule has 1 aliphatic carbocycles. The number of aryl methyl sites for hydroxylation is 1. The summed E-state index contributed by atoms with van der Waals surface area (Å²) in [5, 5.41) is 7.17. The first-order chi connectivity index (χ1) is 14.0. The van der Waals surface area contributed by atoms with E-state index in [1.165, 1.54) is 21.1 Å². The smallest absolute Gasteiger partial charge is 0.256 e. The molecule has 2 aromatic rings. The molecule has 0 bridgehead atoms. The van der Waals surface area contributed by atoms with Crippen molar-refractivity contribution < 1.29 is 14.5 Å². The molecule has 0 unspecified atom stereocenters. The molecule has 1 aromatic heterocycles. The fourth-order valence-corrected chi connectivity index (χ4v) is 5.24. The van der Waals surface area contributed by atoms with Gasteiger partial charge in [-0.1, -0.05) is 17.7 Å². The molecule has 3 rings (SSSR count). The molecular formula is C22H29ClN3O2S+. The molecule has 0 aliphatic heterocycles. The molecule has 0 spiro atoms. The first-order valence-corrected chi connectivity index (χ1v) is 11.6. The van der Waals surface area contributed by atoms with Crippen LogP contribution in [0.5, 0.6) is 0 Å². The number of amides is 2. The predicted molar refractivity (Wildman–Crippen MR) is 120 cm³/mol. The Kier molecular flexibility index (Phi) is 7.70. The van der Waals surface area contributed by atoms with Crippen molar-refractivity contribution in [1.82, 2.24) is 5.32 Å².